The quantitative estimate of drug-likeness (QED) is 0.742. The van der Waals surface area contributed by atoms with Crippen molar-refractivity contribution in [1.82, 2.24) is 10.2 Å². The Balaban J connectivity index is 2.27. The van der Waals surface area contributed by atoms with Gasteiger partial charge in [-0.1, -0.05) is 12.1 Å². The second kappa shape index (κ2) is 6.64. The van der Waals surface area contributed by atoms with Crippen LogP contribution in [0.3, 0.4) is 0 Å². The fourth-order valence-electron chi connectivity index (χ4n) is 1.41. The highest BCUT2D eigenvalue weighted by Gasteiger charge is 2.07. The number of nitrogen functional groups attached to an aromatic ring is 1. The number of rotatable bonds is 5. The summed E-state index contributed by atoms with van der Waals surface area (Å²) in [6, 6.07) is 7.54. The zero-order valence-corrected chi connectivity index (χ0v) is 10.8. The summed E-state index contributed by atoms with van der Waals surface area (Å²) in [7, 11) is 1.60. The van der Waals surface area contributed by atoms with Gasteiger partial charge in [0.25, 0.3) is 0 Å². The molecule has 2 amide bonds. The zero-order chi connectivity index (χ0) is 13.5. The van der Waals surface area contributed by atoms with Crippen LogP contribution in [0.1, 0.15) is 12.5 Å². The first-order chi connectivity index (χ1) is 8.49. The molecule has 98 valence electrons. The average Bonchev–Trinajstić information content (AvgIpc) is 2.31. The first-order valence-electron chi connectivity index (χ1n) is 5.82. The van der Waals surface area contributed by atoms with Crippen LogP contribution in [-0.2, 0) is 16.0 Å². The van der Waals surface area contributed by atoms with Crippen LogP contribution >= 0.6 is 0 Å². The molecule has 0 unspecified atom stereocenters. The van der Waals surface area contributed by atoms with Gasteiger partial charge < -0.3 is 16.0 Å². The van der Waals surface area contributed by atoms with E-state index in [1.54, 1.807) is 7.05 Å². The third kappa shape index (κ3) is 4.86. The monoisotopic (exact) mass is 249 g/mol. The number of nitrogens with two attached hydrogens (primary N) is 1. The van der Waals surface area contributed by atoms with E-state index < -0.39 is 0 Å². The summed E-state index contributed by atoms with van der Waals surface area (Å²) in [6.07, 6.45) is 0.746. The van der Waals surface area contributed by atoms with Crippen molar-refractivity contribution in [3.63, 3.8) is 0 Å². The summed E-state index contributed by atoms with van der Waals surface area (Å²) in [6.45, 7) is 2.08. The number of anilines is 1. The lowest BCUT2D eigenvalue weighted by molar-refractivity contribution is -0.133. The van der Waals surface area contributed by atoms with Crippen molar-refractivity contribution in [3.8, 4) is 0 Å². The summed E-state index contributed by atoms with van der Waals surface area (Å²) in [5.74, 6) is -0.271. The molecule has 18 heavy (non-hydrogen) atoms. The molecule has 3 N–H and O–H groups in total. The van der Waals surface area contributed by atoms with Crippen molar-refractivity contribution in [2.24, 2.45) is 0 Å². The van der Waals surface area contributed by atoms with E-state index in [0.717, 1.165) is 17.7 Å². The fourth-order valence-corrected chi connectivity index (χ4v) is 1.41. The SMILES string of the molecule is CC(=O)N(C)CC(=O)NCCc1ccc(N)cc1. The van der Waals surface area contributed by atoms with Crippen molar-refractivity contribution in [2.75, 3.05) is 25.9 Å². The number of carbonyl (C=O) groups is 2. The van der Waals surface area contributed by atoms with Crippen molar-refractivity contribution in [3.05, 3.63) is 29.8 Å². The van der Waals surface area contributed by atoms with Gasteiger partial charge in [-0.15, -0.1) is 0 Å². The van der Waals surface area contributed by atoms with E-state index in [4.69, 9.17) is 5.73 Å². The van der Waals surface area contributed by atoms with Crippen LogP contribution in [0.25, 0.3) is 0 Å². The fraction of sp³-hybridized carbons (Fsp3) is 0.385. The second-order valence-electron chi connectivity index (χ2n) is 4.22. The van der Waals surface area contributed by atoms with Crippen LogP contribution in [0, 0.1) is 0 Å². The van der Waals surface area contributed by atoms with Gasteiger partial charge in [0.15, 0.2) is 0 Å². The molecule has 0 aromatic heterocycles. The third-order valence-electron chi connectivity index (χ3n) is 2.63. The van der Waals surface area contributed by atoms with E-state index in [-0.39, 0.29) is 18.4 Å². The lowest BCUT2D eigenvalue weighted by Crippen LogP contribution is -2.38. The van der Waals surface area contributed by atoms with Gasteiger partial charge in [-0.25, -0.2) is 0 Å². The lowest BCUT2D eigenvalue weighted by Gasteiger charge is -2.14. The van der Waals surface area contributed by atoms with E-state index in [0.29, 0.717) is 6.54 Å². The maximum atomic E-state index is 11.5. The number of likely N-dealkylation sites (N-methyl/N-ethyl adjacent to an activating group) is 1. The Hall–Kier alpha value is -2.04. The number of hydrogen-bond donors (Lipinski definition) is 2. The van der Waals surface area contributed by atoms with Crippen LogP contribution in [0.5, 0.6) is 0 Å². The standard InChI is InChI=1S/C13H19N3O2/c1-10(17)16(2)9-13(18)15-8-7-11-3-5-12(14)6-4-11/h3-6H,7-9,14H2,1-2H3,(H,15,18). The molecule has 0 fully saturated rings. The molecule has 1 aromatic rings. The molecule has 0 saturated carbocycles. The van der Waals surface area contributed by atoms with Crippen molar-refractivity contribution in [1.29, 1.82) is 0 Å². The van der Waals surface area contributed by atoms with Gasteiger partial charge in [-0.05, 0) is 24.1 Å². The minimum absolute atomic E-state index is 0.0943. The molecule has 0 saturated heterocycles. The summed E-state index contributed by atoms with van der Waals surface area (Å²) in [5.41, 5.74) is 7.42. The molecule has 5 nitrogen and oxygen atoms in total. The van der Waals surface area contributed by atoms with Crippen molar-refractivity contribution >= 4 is 17.5 Å². The molecule has 0 spiro atoms. The number of carbonyl (C=O) groups excluding carboxylic acids is 2. The zero-order valence-electron chi connectivity index (χ0n) is 10.8. The Labute approximate surface area is 107 Å². The number of benzene rings is 1. The van der Waals surface area contributed by atoms with Gasteiger partial charge in [-0.2, -0.15) is 0 Å². The highest BCUT2D eigenvalue weighted by molar-refractivity contribution is 5.83. The van der Waals surface area contributed by atoms with Gasteiger partial charge >= 0.3 is 0 Å². The molecular weight excluding hydrogens is 230 g/mol. The molecule has 0 heterocycles. The molecule has 0 aliphatic heterocycles. The molecule has 0 atom stereocenters. The molecule has 5 heteroatoms. The highest BCUT2D eigenvalue weighted by atomic mass is 16.2. The van der Waals surface area contributed by atoms with Crippen LogP contribution in [0.15, 0.2) is 24.3 Å². The summed E-state index contributed by atoms with van der Waals surface area (Å²) >= 11 is 0. The lowest BCUT2D eigenvalue weighted by atomic mass is 10.1. The van der Waals surface area contributed by atoms with Crippen molar-refractivity contribution < 1.29 is 9.59 Å². The number of hydrogen-bond acceptors (Lipinski definition) is 3. The van der Waals surface area contributed by atoms with Gasteiger partial charge in [-0.3, -0.25) is 9.59 Å². The molecule has 1 aromatic carbocycles. The molecule has 0 aliphatic carbocycles. The Morgan fingerprint density at radius 3 is 2.44 bits per heavy atom. The average molecular weight is 249 g/mol. The van der Waals surface area contributed by atoms with E-state index in [2.05, 4.69) is 5.32 Å². The van der Waals surface area contributed by atoms with Crippen LogP contribution in [0.2, 0.25) is 0 Å². The normalized spacial score (nSPS) is 9.89. The first-order valence-corrected chi connectivity index (χ1v) is 5.82. The second-order valence-corrected chi connectivity index (χ2v) is 4.22. The smallest absolute Gasteiger partial charge is 0.239 e. The summed E-state index contributed by atoms with van der Waals surface area (Å²) < 4.78 is 0. The third-order valence-corrected chi connectivity index (χ3v) is 2.63. The molecule has 1 rings (SSSR count). The van der Waals surface area contributed by atoms with Gasteiger partial charge in [0.2, 0.25) is 11.8 Å². The molecule has 0 bridgehead atoms. The minimum atomic E-state index is -0.150. The first kappa shape index (κ1) is 14.0. The Bertz CT molecular complexity index is 415. The van der Waals surface area contributed by atoms with Gasteiger partial charge in [0, 0.05) is 26.2 Å². The maximum absolute atomic E-state index is 11.5. The largest absolute Gasteiger partial charge is 0.399 e. The highest BCUT2D eigenvalue weighted by Crippen LogP contribution is 2.05. The number of amides is 2. The molecule has 0 radical (unpaired) electrons. The maximum Gasteiger partial charge on any atom is 0.239 e. The predicted octanol–water partition coefficient (Wildman–Crippen LogP) is 0.406. The topological polar surface area (TPSA) is 75.4 Å². The van der Waals surface area contributed by atoms with Crippen LogP contribution < -0.4 is 11.1 Å². The van der Waals surface area contributed by atoms with Gasteiger partial charge in [0.1, 0.15) is 0 Å². The Morgan fingerprint density at radius 2 is 1.89 bits per heavy atom. The van der Waals surface area contributed by atoms with E-state index in [9.17, 15) is 9.59 Å². The summed E-state index contributed by atoms with van der Waals surface area (Å²) in [5, 5.41) is 2.77. The van der Waals surface area contributed by atoms with E-state index >= 15 is 0 Å². The summed E-state index contributed by atoms with van der Waals surface area (Å²) in [4.78, 5) is 23.8. The Morgan fingerprint density at radius 1 is 1.28 bits per heavy atom. The number of nitrogens with one attached hydrogen (secondary N) is 1. The predicted molar refractivity (Wildman–Crippen MR) is 70.9 cm³/mol. The molecule has 0 aliphatic rings. The molecular formula is C13H19N3O2. The Kier molecular flexibility index (Phi) is 5.17. The van der Waals surface area contributed by atoms with Crippen LogP contribution in [0.4, 0.5) is 5.69 Å². The van der Waals surface area contributed by atoms with E-state index in [1.807, 2.05) is 24.3 Å². The number of nitrogens with zero attached hydrogens (tertiary/aromatic N) is 1. The van der Waals surface area contributed by atoms with E-state index in [1.165, 1.54) is 11.8 Å². The van der Waals surface area contributed by atoms with Crippen LogP contribution in [-0.4, -0.2) is 36.9 Å². The van der Waals surface area contributed by atoms with Crippen molar-refractivity contribution in [2.45, 2.75) is 13.3 Å². The van der Waals surface area contributed by atoms with Gasteiger partial charge in [0.05, 0.1) is 6.54 Å². The minimum Gasteiger partial charge on any atom is -0.399 e.